The van der Waals surface area contributed by atoms with Gasteiger partial charge in [0.1, 0.15) is 0 Å². The van der Waals surface area contributed by atoms with Crippen molar-refractivity contribution in [2.24, 2.45) is 5.41 Å². The molecule has 0 aliphatic rings. The minimum absolute atomic E-state index is 0.267. The first-order valence-electron chi connectivity index (χ1n) is 9.45. The molecular formula is C19H40O2. The summed E-state index contributed by atoms with van der Waals surface area (Å²) in [6.45, 7) is 8.67. The van der Waals surface area contributed by atoms with E-state index in [1.807, 2.05) is 0 Å². The summed E-state index contributed by atoms with van der Waals surface area (Å²) in [6, 6.07) is 0. The predicted octanol–water partition coefficient (Wildman–Crippen LogP) is 5.46. The Morgan fingerprint density at radius 2 is 1.00 bits per heavy atom. The van der Waals surface area contributed by atoms with Crippen molar-refractivity contribution in [3.8, 4) is 0 Å². The Labute approximate surface area is 133 Å². The van der Waals surface area contributed by atoms with E-state index in [1.165, 1.54) is 25.7 Å². The molecule has 2 heteroatoms. The van der Waals surface area contributed by atoms with Crippen LogP contribution in [0.4, 0.5) is 0 Å². The average Bonchev–Trinajstić information content (AvgIpc) is 2.46. The fourth-order valence-corrected chi connectivity index (χ4v) is 3.54. The molecule has 0 fully saturated rings. The lowest BCUT2D eigenvalue weighted by Crippen LogP contribution is -2.45. The molecule has 2 N–H and O–H groups in total. The largest absolute Gasteiger partial charge is 0.392 e. The van der Waals surface area contributed by atoms with Crippen LogP contribution in [0.25, 0.3) is 0 Å². The number of aliphatic hydroxyl groups excluding tert-OH is 2. The van der Waals surface area contributed by atoms with Crippen molar-refractivity contribution >= 4 is 0 Å². The smallest absolute Gasteiger partial charge is 0.0621 e. The molecular weight excluding hydrogens is 260 g/mol. The van der Waals surface area contributed by atoms with E-state index in [2.05, 4.69) is 27.7 Å². The summed E-state index contributed by atoms with van der Waals surface area (Å²) in [5.74, 6) is 0. The molecule has 2 nitrogen and oxygen atoms in total. The fourth-order valence-electron chi connectivity index (χ4n) is 3.54. The standard InChI is InChI=1S/C19H40O2/c1-5-9-11-15-19(16-12-10-6-2,17(20)13-7-3)18(21)14-8-4/h17-18,20-21H,5-16H2,1-4H3. The van der Waals surface area contributed by atoms with Crippen LogP contribution in [-0.2, 0) is 0 Å². The topological polar surface area (TPSA) is 40.5 Å². The molecule has 2 atom stereocenters. The van der Waals surface area contributed by atoms with Gasteiger partial charge in [0.15, 0.2) is 0 Å². The third kappa shape index (κ3) is 7.15. The maximum Gasteiger partial charge on any atom is 0.0621 e. The summed E-state index contributed by atoms with van der Waals surface area (Å²) in [5.41, 5.74) is -0.267. The highest BCUT2D eigenvalue weighted by Crippen LogP contribution is 2.42. The SMILES string of the molecule is CCCCCC(CCCCC)(C(O)CCC)C(O)CCC. The molecule has 0 saturated heterocycles. The van der Waals surface area contributed by atoms with Crippen molar-refractivity contribution in [3.63, 3.8) is 0 Å². The Morgan fingerprint density at radius 1 is 0.619 bits per heavy atom. The minimum Gasteiger partial charge on any atom is -0.392 e. The third-order valence-electron chi connectivity index (χ3n) is 4.94. The van der Waals surface area contributed by atoms with Crippen LogP contribution < -0.4 is 0 Å². The second kappa shape index (κ2) is 12.5. The molecule has 0 radical (unpaired) electrons. The quantitative estimate of drug-likeness (QED) is 0.418. The van der Waals surface area contributed by atoms with Gasteiger partial charge >= 0.3 is 0 Å². The lowest BCUT2D eigenvalue weighted by Gasteiger charge is -2.43. The van der Waals surface area contributed by atoms with Gasteiger partial charge in [-0.25, -0.2) is 0 Å². The molecule has 0 heterocycles. The zero-order chi connectivity index (χ0) is 16.1. The van der Waals surface area contributed by atoms with E-state index in [4.69, 9.17) is 0 Å². The summed E-state index contributed by atoms with van der Waals surface area (Å²) in [4.78, 5) is 0. The predicted molar refractivity (Wildman–Crippen MR) is 92.5 cm³/mol. The Hall–Kier alpha value is -0.0800. The molecule has 0 spiro atoms. The van der Waals surface area contributed by atoms with Crippen LogP contribution in [0.15, 0.2) is 0 Å². The van der Waals surface area contributed by atoms with Gasteiger partial charge in [-0.2, -0.15) is 0 Å². The third-order valence-corrected chi connectivity index (χ3v) is 4.94. The molecule has 0 aromatic carbocycles. The van der Waals surface area contributed by atoms with Crippen molar-refractivity contribution in [3.05, 3.63) is 0 Å². The molecule has 0 rings (SSSR count). The lowest BCUT2D eigenvalue weighted by molar-refractivity contribution is -0.0902. The molecule has 0 bridgehead atoms. The van der Waals surface area contributed by atoms with Gasteiger partial charge in [0.2, 0.25) is 0 Å². The van der Waals surface area contributed by atoms with Gasteiger partial charge in [-0.1, -0.05) is 79.1 Å². The number of unbranched alkanes of at least 4 members (excludes halogenated alkanes) is 4. The zero-order valence-electron chi connectivity index (χ0n) is 15.0. The van der Waals surface area contributed by atoms with Crippen LogP contribution in [0.1, 0.15) is 105 Å². The molecule has 21 heavy (non-hydrogen) atoms. The second-order valence-corrected chi connectivity index (χ2v) is 6.76. The van der Waals surface area contributed by atoms with Gasteiger partial charge in [-0.05, 0) is 25.7 Å². The van der Waals surface area contributed by atoms with E-state index in [-0.39, 0.29) is 17.6 Å². The van der Waals surface area contributed by atoms with Crippen LogP contribution in [0, 0.1) is 5.41 Å². The van der Waals surface area contributed by atoms with Gasteiger partial charge in [0.25, 0.3) is 0 Å². The van der Waals surface area contributed by atoms with E-state index >= 15 is 0 Å². The van der Waals surface area contributed by atoms with Gasteiger partial charge in [-0.3, -0.25) is 0 Å². The molecule has 128 valence electrons. The van der Waals surface area contributed by atoms with Crippen molar-refractivity contribution in [1.82, 2.24) is 0 Å². The van der Waals surface area contributed by atoms with Crippen molar-refractivity contribution in [1.29, 1.82) is 0 Å². The summed E-state index contributed by atoms with van der Waals surface area (Å²) in [6.07, 6.45) is 11.9. The van der Waals surface area contributed by atoms with E-state index in [0.29, 0.717) is 0 Å². The highest BCUT2D eigenvalue weighted by molar-refractivity contribution is 4.92. The normalized spacial score (nSPS) is 15.1. The molecule has 0 aliphatic carbocycles. The maximum absolute atomic E-state index is 10.8. The Kier molecular flexibility index (Phi) is 12.4. The average molecular weight is 301 g/mol. The molecule has 0 aromatic heterocycles. The van der Waals surface area contributed by atoms with Gasteiger partial charge in [-0.15, -0.1) is 0 Å². The minimum atomic E-state index is -0.349. The van der Waals surface area contributed by atoms with Gasteiger partial charge in [0.05, 0.1) is 12.2 Å². The van der Waals surface area contributed by atoms with Crippen LogP contribution in [0.3, 0.4) is 0 Å². The van der Waals surface area contributed by atoms with Crippen molar-refractivity contribution < 1.29 is 10.2 Å². The molecule has 0 aliphatic heterocycles. The molecule has 0 amide bonds. The first kappa shape index (κ1) is 20.9. The molecule has 0 saturated carbocycles. The lowest BCUT2D eigenvalue weighted by atomic mass is 9.67. The van der Waals surface area contributed by atoms with Gasteiger partial charge < -0.3 is 10.2 Å². The van der Waals surface area contributed by atoms with Gasteiger partial charge in [0, 0.05) is 5.41 Å². The Bertz CT molecular complexity index is 204. The monoisotopic (exact) mass is 300 g/mol. The Morgan fingerprint density at radius 3 is 1.29 bits per heavy atom. The second-order valence-electron chi connectivity index (χ2n) is 6.76. The number of hydrogen-bond acceptors (Lipinski definition) is 2. The summed E-state index contributed by atoms with van der Waals surface area (Å²) in [7, 11) is 0. The van der Waals surface area contributed by atoms with Crippen LogP contribution >= 0.6 is 0 Å². The number of hydrogen-bond donors (Lipinski definition) is 2. The number of aliphatic hydroxyl groups is 2. The van der Waals surface area contributed by atoms with E-state index in [1.54, 1.807) is 0 Å². The van der Waals surface area contributed by atoms with Crippen LogP contribution in [-0.4, -0.2) is 22.4 Å². The zero-order valence-corrected chi connectivity index (χ0v) is 15.0. The Balaban J connectivity index is 5.04. The van der Waals surface area contributed by atoms with Crippen molar-refractivity contribution in [2.75, 3.05) is 0 Å². The maximum atomic E-state index is 10.8. The van der Waals surface area contributed by atoms with Crippen LogP contribution in [0.5, 0.6) is 0 Å². The fraction of sp³-hybridized carbons (Fsp3) is 1.00. The first-order chi connectivity index (χ1) is 10.1. The summed E-state index contributed by atoms with van der Waals surface area (Å²) < 4.78 is 0. The highest BCUT2D eigenvalue weighted by Gasteiger charge is 2.42. The summed E-state index contributed by atoms with van der Waals surface area (Å²) >= 11 is 0. The van der Waals surface area contributed by atoms with Crippen molar-refractivity contribution in [2.45, 2.75) is 117 Å². The van der Waals surface area contributed by atoms with Crippen LogP contribution in [0.2, 0.25) is 0 Å². The number of rotatable bonds is 14. The first-order valence-corrected chi connectivity index (χ1v) is 9.45. The highest BCUT2D eigenvalue weighted by atomic mass is 16.3. The van der Waals surface area contributed by atoms with E-state index < -0.39 is 0 Å². The van der Waals surface area contributed by atoms with E-state index in [0.717, 1.165) is 51.4 Å². The van der Waals surface area contributed by atoms with E-state index in [9.17, 15) is 10.2 Å². The molecule has 0 aromatic rings. The summed E-state index contributed by atoms with van der Waals surface area (Å²) in [5, 5.41) is 21.6. The molecule has 2 unspecified atom stereocenters.